The number of anilines is 1. The van der Waals surface area contributed by atoms with Crippen LogP contribution in [0, 0.1) is 5.92 Å². The first kappa shape index (κ1) is 16.8. The van der Waals surface area contributed by atoms with Gasteiger partial charge < -0.3 is 11.1 Å². The molecular formula is C15H23N3O3S. The Balaban J connectivity index is 1.66. The van der Waals surface area contributed by atoms with Crippen molar-refractivity contribution in [3.8, 4) is 0 Å². The zero-order valence-corrected chi connectivity index (χ0v) is 13.4. The smallest absolute Gasteiger partial charge is 0.224 e. The minimum atomic E-state index is -3.31. The number of sulfonamides is 1. The Morgan fingerprint density at radius 3 is 2.50 bits per heavy atom. The average Bonchev–Trinajstić information content (AvgIpc) is 2.39. The molecule has 7 heteroatoms. The molecule has 0 aromatic heterocycles. The van der Waals surface area contributed by atoms with E-state index in [1.807, 2.05) is 0 Å². The number of hydrogen-bond acceptors (Lipinski definition) is 4. The summed E-state index contributed by atoms with van der Waals surface area (Å²) >= 11 is 0. The van der Waals surface area contributed by atoms with Crippen molar-refractivity contribution in [2.24, 2.45) is 5.92 Å². The Bertz CT molecular complexity index is 595. The number of carbonyl (C=O) groups is 1. The standard InChI is InChI=1S/C15H23N3O3S/c16-14-6-4-12(5-7-14)10-15(19)17-8-9-22(20,21)18-11-13-2-1-3-13/h4-7,13,18H,1-3,8-11,16H2,(H,17,19). The summed E-state index contributed by atoms with van der Waals surface area (Å²) in [5.41, 5.74) is 7.07. The van der Waals surface area contributed by atoms with E-state index in [-0.39, 0.29) is 24.6 Å². The van der Waals surface area contributed by atoms with Gasteiger partial charge in [-0.2, -0.15) is 0 Å². The largest absolute Gasteiger partial charge is 0.399 e. The predicted octanol–water partition coefficient (Wildman–Crippen LogP) is 0.647. The summed E-state index contributed by atoms with van der Waals surface area (Å²) in [5, 5.41) is 2.63. The quantitative estimate of drug-likeness (QED) is 0.611. The molecule has 122 valence electrons. The van der Waals surface area contributed by atoms with Gasteiger partial charge in [0.1, 0.15) is 0 Å². The molecule has 0 heterocycles. The Labute approximate surface area is 131 Å². The molecule has 0 saturated heterocycles. The molecular weight excluding hydrogens is 302 g/mol. The zero-order chi connectivity index (χ0) is 16.0. The fourth-order valence-corrected chi connectivity index (χ4v) is 3.23. The van der Waals surface area contributed by atoms with Gasteiger partial charge in [-0.15, -0.1) is 0 Å². The van der Waals surface area contributed by atoms with Gasteiger partial charge in [-0.1, -0.05) is 18.6 Å². The van der Waals surface area contributed by atoms with E-state index >= 15 is 0 Å². The van der Waals surface area contributed by atoms with Gasteiger partial charge in [-0.05, 0) is 36.5 Å². The van der Waals surface area contributed by atoms with Crippen molar-refractivity contribution in [1.82, 2.24) is 10.0 Å². The second-order valence-corrected chi connectivity index (χ2v) is 7.66. The number of nitrogen functional groups attached to an aromatic ring is 1. The second kappa shape index (κ2) is 7.60. The topological polar surface area (TPSA) is 101 Å². The molecule has 6 nitrogen and oxygen atoms in total. The van der Waals surface area contributed by atoms with Gasteiger partial charge in [0, 0.05) is 18.8 Å². The van der Waals surface area contributed by atoms with Gasteiger partial charge in [-0.3, -0.25) is 4.79 Å². The van der Waals surface area contributed by atoms with Crippen LogP contribution in [0.4, 0.5) is 5.69 Å². The Morgan fingerprint density at radius 1 is 1.23 bits per heavy atom. The van der Waals surface area contributed by atoms with E-state index in [1.165, 1.54) is 6.42 Å². The van der Waals surface area contributed by atoms with Gasteiger partial charge in [-0.25, -0.2) is 13.1 Å². The SMILES string of the molecule is Nc1ccc(CC(=O)NCCS(=O)(=O)NCC2CCC2)cc1. The lowest BCUT2D eigenvalue weighted by atomic mass is 9.86. The zero-order valence-electron chi connectivity index (χ0n) is 12.5. The van der Waals surface area contributed by atoms with Gasteiger partial charge in [0.05, 0.1) is 12.2 Å². The van der Waals surface area contributed by atoms with Crippen LogP contribution in [0.3, 0.4) is 0 Å². The number of rotatable bonds is 8. The maximum atomic E-state index is 11.8. The second-order valence-electron chi connectivity index (χ2n) is 5.73. The number of amides is 1. The van der Waals surface area contributed by atoms with E-state index in [9.17, 15) is 13.2 Å². The van der Waals surface area contributed by atoms with Crippen LogP contribution < -0.4 is 15.8 Å². The molecule has 0 bridgehead atoms. The van der Waals surface area contributed by atoms with Crippen LogP contribution >= 0.6 is 0 Å². The van der Waals surface area contributed by atoms with Crippen molar-refractivity contribution < 1.29 is 13.2 Å². The van der Waals surface area contributed by atoms with Crippen LogP contribution in [0.25, 0.3) is 0 Å². The molecule has 22 heavy (non-hydrogen) atoms. The van der Waals surface area contributed by atoms with Crippen molar-refractivity contribution in [3.05, 3.63) is 29.8 Å². The lowest BCUT2D eigenvalue weighted by Gasteiger charge is -2.25. The lowest BCUT2D eigenvalue weighted by Crippen LogP contribution is -2.38. The van der Waals surface area contributed by atoms with E-state index in [0.717, 1.165) is 18.4 Å². The normalized spacial score (nSPS) is 15.3. The summed E-state index contributed by atoms with van der Waals surface area (Å²) in [6.45, 7) is 0.634. The van der Waals surface area contributed by atoms with Crippen molar-refractivity contribution in [1.29, 1.82) is 0 Å². The molecule has 0 spiro atoms. The van der Waals surface area contributed by atoms with Crippen LogP contribution in [-0.4, -0.2) is 33.2 Å². The fourth-order valence-electron chi connectivity index (χ4n) is 2.22. The maximum Gasteiger partial charge on any atom is 0.224 e. The summed E-state index contributed by atoms with van der Waals surface area (Å²) in [5.74, 6) is 0.196. The minimum Gasteiger partial charge on any atom is -0.399 e. The number of benzene rings is 1. The molecule has 1 aliphatic carbocycles. The number of carbonyl (C=O) groups excluding carboxylic acids is 1. The molecule has 0 unspecified atom stereocenters. The maximum absolute atomic E-state index is 11.8. The molecule has 1 aromatic carbocycles. The highest BCUT2D eigenvalue weighted by Crippen LogP contribution is 2.25. The average molecular weight is 325 g/mol. The molecule has 1 aromatic rings. The van der Waals surface area contributed by atoms with Crippen molar-refractivity contribution in [2.75, 3.05) is 24.6 Å². The highest BCUT2D eigenvalue weighted by Gasteiger charge is 2.20. The highest BCUT2D eigenvalue weighted by molar-refractivity contribution is 7.89. The molecule has 1 aliphatic rings. The molecule has 1 amide bonds. The predicted molar refractivity (Wildman–Crippen MR) is 86.7 cm³/mol. The van der Waals surface area contributed by atoms with Gasteiger partial charge in [0.2, 0.25) is 15.9 Å². The summed E-state index contributed by atoms with van der Waals surface area (Å²) in [6, 6.07) is 7.03. The van der Waals surface area contributed by atoms with Crippen LogP contribution in [0.1, 0.15) is 24.8 Å². The summed E-state index contributed by atoms with van der Waals surface area (Å²) in [4.78, 5) is 11.7. The van der Waals surface area contributed by atoms with E-state index in [1.54, 1.807) is 24.3 Å². The third-order valence-corrected chi connectivity index (χ3v) is 5.20. The number of hydrogen-bond donors (Lipinski definition) is 3. The molecule has 1 fully saturated rings. The van der Waals surface area contributed by atoms with Crippen LogP contribution in [0.2, 0.25) is 0 Å². The van der Waals surface area contributed by atoms with Gasteiger partial charge in [0.25, 0.3) is 0 Å². The van der Waals surface area contributed by atoms with Crippen LogP contribution in [0.15, 0.2) is 24.3 Å². The highest BCUT2D eigenvalue weighted by atomic mass is 32.2. The lowest BCUT2D eigenvalue weighted by molar-refractivity contribution is -0.120. The Morgan fingerprint density at radius 2 is 1.91 bits per heavy atom. The molecule has 0 atom stereocenters. The van der Waals surface area contributed by atoms with Crippen molar-refractivity contribution in [2.45, 2.75) is 25.7 Å². The first-order valence-electron chi connectivity index (χ1n) is 7.53. The summed E-state index contributed by atoms with van der Waals surface area (Å²) < 4.78 is 26.1. The van der Waals surface area contributed by atoms with Crippen LogP contribution in [0.5, 0.6) is 0 Å². The van der Waals surface area contributed by atoms with Crippen molar-refractivity contribution >= 4 is 21.6 Å². The molecule has 0 aliphatic heterocycles. The fraction of sp³-hybridized carbons (Fsp3) is 0.533. The molecule has 4 N–H and O–H groups in total. The number of nitrogens with one attached hydrogen (secondary N) is 2. The van der Waals surface area contributed by atoms with E-state index in [0.29, 0.717) is 18.2 Å². The van der Waals surface area contributed by atoms with Crippen molar-refractivity contribution in [3.63, 3.8) is 0 Å². The van der Waals surface area contributed by atoms with Crippen LogP contribution in [-0.2, 0) is 21.2 Å². The monoisotopic (exact) mass is 325 g/mol. The molecule has 0 radical (unpaired) electrons. The number of nitrogens with two attached hydrogens (primary N) is 1. The third-order valence-electron chi connectivity index (χ3n) is 3.85. The summed E-state index contributed by atoms with van der Waals surface area (Å²) in [6.07, 6.45) is 3.60. The van der Waals surface area contributed by atoms with Gasteiger partial charge >= 0.3 is 0 Å². The van der Waals surface area contributed by atoms with E-state index < -0.39 is 10.0 Å². The Kier molecular flexibility index (Phi) is 5.79. The van der Waals surface area contributed by atoms with E-state index in [2.05, 4.69) is 10.0 Å². The Hall–Kier alpha value is -1.60. The van der Waals surface area contributed by atoms with Gasteiger partial charge in [0.15, 0.2) is 0 Å². The molecule has 1 saturated carbocycles. The third kappa shape index (κ3) is 5.65. The first-order valence-corrected chi connectivity index (χ1v) is 9.18. The summed E-state index contributed by atoms with van der Waals surface area (Å²) in [7, 11) is -3.31. The first-order chi connectivity index (χ1) is 10.4. The van der Waals surface area contributed by atoms with E-state index in [4.69, 9.17) is 5.73 Å². The molecule has 2 rings (SSSR count). The minimum absolute atomic E-state index is 0.0901.